The molecule has 0 atom stereocenters. The molecule has 1 saturated carbocycles. The molecule has 14 heavy (non-hydrogen) atoms. The fraction of sp³-hybridized carbons (Fsp3) is 0.727. The van der Waals surface area contributed by atoms with E-state index in [1.165, 1.54) is 18.5 Å². The van der Waals surface area contributed by atoms with Crippen molar-refractivity contribution < 1.29 is 0 Å². The second kappa shape index (κ2) is 3.39. The van der Waals surface area contributed by atoms with E-state index in [-0.39, 0.29) is 0 Å². The van der Waals surface area contributed by atoms with Crippen molar-refractivity contribution in [1.29, 1.82) is 0 Å². The highest BCUT2D eigenvalue weighted by atomic mass is 15.3. The molecular formula is C11H19N3. The normalized spacial score (nSPS) is 18.9. The molecule has 0 amide bonds. The lowest BCUT2D eigenvalue weighted by Crippen LogP contribution is -2.20. The van der Waals surface area contributed by atoms with Gasteiger partial charge < -0.3 is 5.73 Å². The van der Waals surface area contributed by atoms with Gasteiger partial charge in [-0.2, -0.15) is 5.10 Å². The fourth-order valence-corrected chi connectivity index (χ4v) is 1.96. The van der Waals surface area contributed by atoms with Crippen molar-refractivity contribution in [3.63, 3.8) is 0 Å². The van der Waals surface area contributed by atoms with Gasteiger partial charge in [0.15, 0.2) is 0 Å². The third-order valence-corrected chi connectivity index (χ3v) is 3.19. The maximum absolute atomic E-state index is 5.78. The molecule has 1 aliphatic rings. The van der Waals surface area contributed by atoms with Gasteiger partial charge in [-0.3, -0.25) is 4.68 Å². The molecule has 1 heterocycles. The second-order valence-corrected chi connectivity index (χ2v) is 4.74. The van der Waals surface area contributed by atoms with Gasteiger partial charge in [-0.25, -0.2) is 0 Å². The molecule has 1 fully saturated rings. The first-order valence-electron chi connectivity index (χ1n) is 5.39. The largest absolute Gasteiger partial charge is 0.330 e. The van der Waals surface area contributed by atoms with Crippen molar-refractivity contribution in [2.24, 2.45) is 11.1 Å². The third kappa shape index (κ3) is 1.69. The van der Waals surface area contributed by atoms with E-state index in [1.807, 2.05) is 6.20 Å². The summed E-state index contributed by atoms with van der Waals surface area (Å²) in [7, 11) is 0. The van der Waals surface area contributed by atoms with E-state index in [1.54, 1.807) is 0 Å². The van der Waals surface area contributed by atoms with Gasteiger partial charge in [0.2, 0.25) is 0 Å². The summed E-state index contributed by atoms with van der Waals surface area (Å²) in [6, 6.07) is 2.57. The minimum Gasteiger partial charge on any atom is -0.330 e. The zero-order valence-electron chi connectivity index (χ0n) is 9.03. The van der Waals surface area contributed by atoms with E-state index in [4.69, 9.17) is 5.73 Å². The number of hydrogen-bond acceptors (Lipinski definition) is 2. The van der Waals surface area contributed by atoms with Crippen LogP contribution in [0.3, 0.4) is 0 Å². The lowest BCUT2D eigenvalue weighted by Gasteiger charge is -2.15. The molecule has 0 aliphatic heterocycles. The van der Waals surface area contributed by atoms with Gasteiger partial charge in [-0.05, 0) is 51.1 Å². The zero-order valence-corrected chi connectivity index (χ0v) is 9.03. The van der Waals surface area contributed by atoms with Crippen molar-refractivity contribution in [2.45, 2.75) is 39.2 Å². The lowest BCUT2D eigenvalue weighted by atomic mass is 10.0. The van der Waals surface area contributed by atoms with Crippen LogP contribution in [0.2, 0.25) is 0 Å². The van der Waals surface area contributed by atoms with Crippen molar-refractivity contribution in [2.75, 3.05) is 6.54 Å². The van der Waals surface area contributed by atoms with E-state index in [2.05, 4.69) is 29.7 Å². The highest BCUT2D eigenvalue weighted by molar-refractivity contribution is 5.10. The summed E-state index contributed by atoms with van der Waals surface area (Å²) in [6.45, 7) is 5.15. The summed E-state index contributed by atoms with van der Waals surface area (Å²) in [6.07, 6.45) is 5.56. The smallest absolute Gasteiger partial charge is 0.0492 e. The highest BCUT2D eigenvalue weighted by Gasteiger charge is 2.41. The molecule has 0 saturated heterocycles. The van der Waals surface area contributed by atoms with Crippen LogP contribution in [0.1, 0.15) is 38.4 Å². The lowest BCUT2D eigenvalue weighted by molar-refractivity contribution is 0.454. The predicted octanol–water partition coefficient (Wildman–Crippen LogP) is 1.75. The SMILES string of the molecule is CC(C)n1nccc1CC1(CN)CC1. The summed E-state index contributed by atoms with van der Waals surface area (Å²) in [5.41, 5.74) is 7.53. The van der Waals surface area contributed by atoms with Crippen molar-refractivity contribution >= 4 is 0 Å². The molecule has 3 heteroatoms. The zero-order chi connectivity index (χ0) is 10.2. The molecule has 0 aromatic carbocycles. The van der Waals surface area contributed by atoms with Crippen LogP contribution >= 0.6 is 0 Å². The minimum atomic E-state index is 0.409. The van der Waals surface area contributed by atoms with E-state index in [9.17, 15) is 0 Å². The standard InChI is InChI=1S/C11H19N3/c1-9(2)14-10(3-6-13-14)7-11(8-12)4-5-11/h3,6,9H,4-5,7-8,12H2,1-2H3. The second-order valence-electron chi connectivity index (χ2n) is 4.74. The maximum Gasteiger partial charge on any atom is 0.0492 e. The molecule has 2 N–H and O–H groups in total. The molecule has 0 bridgehead atoms. The van der Waals surface area contributed by atoms with Gasteiger partial charge in [0.05, 0.1) is 0 Å². The first kappa shape index (κ1) is 9.71. The topological polar surface area (TPSA) is 43.8 Å². The first-order valence-corrected chi connectivity index (χ1v) is 5.39. The summed E-state index contributed by atoms with van der Waals surface area (Å²) >= 11 is 0. The van der Waals surface area contributed by atoms with Gasteiger partial charge in [-0.15, -0.1) is 0 Å². The maximum atomic E-state index is 5.78. The molecule has 3 nitrogen and oxygen atoms in total. The Morgan fingerprint density at radius 2 is 2.29 bits per heavy atom. The van der Waals surface area contributed by atoms with Crippen LogP contribution in [0.15, 0.2) is 12.3 Å². The molecule has 0 unspecified atom stereocenters. The Hall–Kier alpha value is -0.830. The first-order chi connectivity index (χ1) is 6.67. The van der Waals surface area contributed by atoms with Crippen LogP contribution in [0, 0.1) is 5.41 Å². The van der Waals surface area contributed by atoms with Crippen LogP contribution < -0.4 is 5.73 Å². The number of nitrogens with two attached hydrogens (primary N) is 1. The number of aromatic nitrogens is 2. The molecule has 1 aromatic rings. The Morgan fingerprint density at radius 1 is 1.57 bits per heavy atom. The van der Waals surface area contributed by atoms with Crippen LogP contribution in [0.4, 0.5) is 0 Å². The van der Waals surface area contributed by atoms with Gasteiger partial charge in [0.25, 0.3) is 0 Å². The Bertz CT molecular complexity index is 310. The monoisotopic (exact) mass is 193 g/mol. The predicted molar refractivity (Wildman–Crippen MR) is 57.0 cm³/mol. The number of hydrogen-bond donors (Lipinski definition) is 1. The Morgan fingerprint density at radius 3 is 2.79 bits per heavy atom. The van der Waals surface area contributed by atoms with E-state index in [0.29, 0.717) is 11.5 Å². The van der Waals surface area contributed by atoms with E-state index >= 15 is 0 Å². The van der Waals surface area contributed by atoms with E-state index < -0.39 is 0 Å². The van der Waals surface area contributed by atoms with Gasteiger partial charge in [0.1, 0.15) is 0 Å². The van der Waals surface area contributed by atoms with Crippen LogP contribution in [0.25, 0.3) is 0 Å². The molecule has 0 spiro atoms. The Balaban J connectivity index is 2.12. The van der Waals surface area contributed by atoms with Gasteiger partial charge >= 0.3 is 0 Å². The molecule has 2 rings (SSSR count). The minimum absolute atomic E-state index is 0.409. The summed E-state index contributed by atoms with van der Waals surface area (Å²) in [4.78, 5) is 0. The average molecular weight is 193 g/mol. The Labute approximate surface area is 85.3 Å². The highest BCUT2D eigenvalue weighted by Crippen LogP contribution is 2.47. The Kier molecular flexibility index (Phi) is 2.35. The number of nitrogens with zero attached hydrogens (tertiary/aromatic N) is 2. The molecular weight excluding hydrogens is 174 g/mol. The fourth-order valence-electron chi connectivity index (χ4n) is 1.96. The van der Waals surface area contributed by atoms with Crippen LogP contribution in [-0.4, -0.2) is 16.3 Å². The quantitative estimate of drug-likeness (QED) is 0.791. The number of rotatable bonds is 4. The molecule has 78 valence electrons. The van der Waals surface area contributed by atoms with Crippen molar-refractivity contribution in [1.82, 2.24) is 9.78 Å². The van der Waals surface area contributed by atoms with Gasteiger partial charge in [0, 0.05) is 17.9 Å². The van der Waals surface area contributed by atoms with Crippen LogP contribution in [-0.2, 0) is 6.42 Å². The summed E-state index contributed by atoms with van der Waals surface area (Å²) < 4.78 is 2.11. The average Bonchev–Trinajstić information content (AvgIpc) is 2.76. The summed E-state index contributed by atoms with van der Waals surface area (Å²) in [5, 5.41) is 4.34. The van der Waals surface area contributed by atoms with Crippen molar-refractivity contribution in [3.8, 4) is 0 Å². The third-order valence-electron chi connectivity index (χ3n) is 3.19. The van der Waals surface area contributed by atoms with E-state index in [0.717, 1.165) is 13.0 Å². The van der Waals surface area contributed by atoms with Gasteiger partial charge in [-0.1, -0.05) is 0 Å². The molecule has 1 aliphatic carbocycles. The molecule has 1 aromatic heterocycles. The van der Waals surface area contributed by atoms with Crippen molar-refractivity contribution in [3.05, 3.63) is 18.0 Å². The summed E-state index contributed by atoms with van der Waals surface area (Å²) in [5.74, 6) is 0. The molecule has 0 radical (unpaired) electrons. The van der Waals surface area contributed by atoms with Crippen LogP contribution in [0.5, 0.6) is 0 Å².